The minimum Gasteiger partial charge on any atom is -0.445 e. The van der Waals surface area contributed by atoms with Crippen molar-refractivity contribution < 1.29 is 23.1 Å². The number of ether oxygens (including phenoxy) is 1. The number of hydrogen-bond donors (Lipinski definition) is 2. The van der Waals surface area contributed by atoms with Crippen molar-refractivity contribution in [2.75, 3.05) is 5.73 Å². The van der Waals surface area contributed by atoms with E-state index in [9.17, 15) is 9.36 Å². The molecule has 4 rings (SSSR count). The third-order valence-corrected chi connectivity index (χ3v) is 7.25. The lowest BCUT2D eigenvalue weighted by Gasteiger charge is -2.28. The van der Waals surface area contributed by atoms with Gasteiger partial charge in [-0.1, -0.05) is 78.9 Å². The predicted molar refractivity (Wildman–Crippen MR) is 140 cm³/mol. The zero-order valence-corrected chi connectivity index (χ0v) is 20.4. The van der Waals surface area contributed by atoms with Gasteiger partial charge in [0.05, 0.1) is 0 Å². The van der Waals surface area contributed by atoms with Gasteiger partial charge in [0.1, 0.15) is 18.1 Å². The lowest BCUT2D eigenvalue weighted by molar-refractivity contribution is 0.137. The molecule has 0 aliphatic heterocycles. The summed E-state index contributed by atoms with van der Waals surface area (Å²) in [4.78, 5) is 12.8. The first-order valence-corrected chi connectivity index (χ1v) is 13.0. The molecular formula is C28H27N2O5P. The molecule has 0 aliphatic rings. The highest BCUT2D eigenvalue weighted by Crippen LogP contribution is 2.53. The molecule has 0 aromatic heterocycles. The van der Waals surface area contributed by atoms with Crippen LogP contribution in [-0.2, 0) is 22.3 Å². The number of benzene rings is 4. The lowest BCUT2D eigenvalue weighted by atomic mass is 10.1. The van der Waals surface area contributed by atoms with Gasteiger partial charge < -0.3 is 24.8 Å². The molecule has 184 valence electrons. The third kappa shape index (κ3) is 7.14. The Kier molecular flexibility index (Phi) is 8.27. The normalized spacial score (nSPS) is 11.8. The van der Waals surface area contributed by atoms with E-state index in [1.807, 2.05) is 42.5 Å². The fourth-order valence-corrected chi connectivity index (χ4v) is 5.24. The van der Waals surface area contributed by atoms with Gasteiger partial charge in [0.2, 0.25) is 0 Å². The highest BCUT2D eigenvalue weighted by atomic mass is 31.2. The van der Waals surface area contributed by atoms with E-state index in [-0.39, 0.29) is 13.0 Å². The van der Waals surface area contributed by atoms with Crippen molar-refractivity contribution in [2.45, 2.75) is 18.8 Å². The quantitative estimate of drug-likeness (QED) is 0.192. The first kappa shape index (κ1) is 24.9. The zero-order chi connectivity index (χ0) is 25.2. The second-order valence-corrected chi connectivity index (χ2v) is 10.1. The average Bonchev–Trinajstić information content (AvgIpc) is 2.90. The molecule has 7 nitrogen and oxygen atoms in total. The lowest BCUT2D eigenvalue weighted by Crippen LogP contribution is -2.39. The van der Waals surface area contributed by atoms with Crippen molar-refractivity contribution in [1.82, 2.24) is 5.32 Å². The predicted octanol–water partition coefficient (Wildman–Crippen LogP) is 6.41. The summed E-state index contributed by atoms with van der Waals surface area (Å²) < 4.78 is 31.7. The molecule has 1 amide bonds. The number of nitrogens with one attached hydrogen (secondary N) is 1. The van der Waals surface area contributed by atoms with Crippen molar-refractivity contribution >= 4 is 19.4 Å². The Hall–Kier alpha value is -4.22. The van der Waals surface area contributed by atoms with Crippen LogP contribution in [0.3, 0.4) is 0 Å². The molecule has 0 heterocycles. The number of rotatable bonds is 10. The monoisotopic (exact) mass is 502 g/mol. The van der Waals surface area contributed by atoms with E-state index in [0.29, 0.717) is 17.2 Å². The van der Waals surface area contributed by atoms with E-state index in [2.05, 4.69) is 5.32 Å². The summed E-state index contributed by atoms with van der Waals surface area (Å²) in [6.45, 7) is 0.0602. The fourth-order valence-electron chi connectivity index (χ4n) is 3.42. The van der Waals surface area contributed by atoms with Crippen LogP contribution in [0.1, 0.15) is 11.1 Å². The summed E-state index contributed by atoms with van der Waals surface area (Å²) in [6, 6.07) is 33.8. The van der Waals surface area contributed by atoms with Gasteiger partial charge >= 0.3 is 13.7 Å². The zero-order valence-electron chi connectivity index (χ0n) is 19.5. The van der Waals surface area contributed by atoms with Gasteiger partial charge in [-0.25, -0.2) is 9.36 Å². The van der Waals surface area contributed by atoms with Crippen LogP contribution in [0.4, 0.5) is 10.5 Å². The van der Waals surface area contributed by atoms with E-state index in [1.54, 1.807) is 72.8 Å². The highest BCUT2D eigenvalue weighted by Gasteiger charge is 2.41. The standard InChI is InChI=1S/C28H27N2O5P/c29-24-18-16-22(17-19-24)20-27(30-28(31)33-21-23-10-4-1-5-11-23)36(32,34-25-12-6-2-7-13-25)35-26-14-8-3-9-15-26/h1-19,27H,20-21,29H2,(H,30,31). The number of nitrogen functional groups attached to an aromatic ring is 1. The average molecular weight is 503 g/mol. The summed E-state index contributed by atoms with van der Waals surface area (Å²) in [7, 11) is -4.04. The Bertz CT molecular complexity index is 1240. The van der Waals surface area contributed by atoms with Crippen LogP contribution in [-0.4, -0.2) is 11.9 Å². The molecule has 1 unspecified atom stereocenters. The molecule has 8 heteroatoms. The Morgan fingerprint density at radius 2 is 1.22 bits per heavy atom. The van der Waals surface area contributed by atoms with Crippen molar-refractivity contribution in [3.63, 3.8) is 0 Å². The molecule has 0 spiro atoms. The van der Waals surface area contributed by atoms with Crippen LogP contribution >= 0.6 is 7.60 Å². The van der Waals surface area contributed by atoms with Crippen molar-refractivity contribution in [1.29, 1.82) is 0 Å². The number of carbonyl (C=O) groups is 1. The third-order valence-electron chi connectivity index (χ3n) is 5.24. The first-order valence-electron chi connectivity index (χ1n) is 11.4. The molecule has 4 aromatic rings. The number of amides is 1. The highest BCUT2D eigenvalue weighted by molar-refractivity contribution is 7.55. The maximum atomic E-state index is 14.4. The van der Waals surface area contributed by atoms with Gasteiger partial charge in [0.25, 0.3) is 0 Å². The van der Waals surface area contributed by atoms with Gasteiger partial charge in [-0.05, 0) is 47.5 Å². The van der Waals surface area contributed by atoms with Crippen LogP contribution in [0, 0.1) is 0 Å². The molecule has 0 saturated carbocycles. The summed E-state index contributed by atoms with van der Waals surface area (Å²) in [5, 5.41) is 2.73. The number of carbonyl (C=O) groups excluding carboxylic acids is 1. The van der Waals surface area contributed by atoms with Crippen LogP contribution < -0.4 is 20.1 Å². The second-order valence-electron chi connectivity index (χ2n) is 8.02. The van der Waals surface area contributed by atoms with Crippen LogP contribution in [0.2, 0.25) is 0 Å². The van der Waals surface area contributed by atoms with Crippen LogP contribution in [0.15, 0.2) is 115 Å². The van der Waals surface area contributed by atoms with Gasteiger partial charge in [-0.3, -0.25) is 0 Å². The topological polar surface area (TPSA) is 99.9 Å². The smallest absolute Gasteiger partial charge is 0.445 e. The van der Waals surface area contributed by atoms with Gasteiger partial charge in [-0.15, -0.1) is 0 Å². The molecule has 36 heavy (non-hydrogen) atoms. The molecular weight excluding hydrogens is 475 g/mol. The van der Waals surface area contributed by atoms with Gasteiger partial charge in [0.15, 0.2) is 5.78 Å². The summed E-state index contributed by atoms with van der Waals surface area (Å²) in [6.07, 6.45) is -0.592. The molecule has 0 aliphatic carbocycles. The van der Waals surface area contributed by atoms with Crippen molar-refractivity contribution in [2.24, 2.45) is 0 Å². The van der Waals surface area contributed by atoms with Gasteiger partial charge in [-0.2, -0.15) is 0 Å². The van der Waals surface area contributed by atoms with Gasteiger partial charge in [0, 0.05) is 12.1 Å². The molecule has 0 bridgehead atoms. The second kappa shape index (κ2) is 12.0. The molecule has 4 aromatic carbocycles. The Labute approximate surface area is 210 Å². The van der Waals surface area contributed by atoms with Crippen LogP contribution in [0.5, 0.6) is 11.5 Å². The summed E-state index contributed by atoms with van der Waals surface area (Å²) in [5.41, 5.74) is 8.03. The number of para-hydroxylation sites is 2. The molecule has 0 radical (unpaired) electrons. The number of hydrogen-bond acceptors (Lipinski definition) is 6. The molecule has 1 atom stereocenters. The van der Waals surface area contributed by atoms with Crippen LogP contribution in [0.25, 0.3) is 0 Å². The summed E-state index contributed by atoms with van der Waals surface area (Å²) >= 11 is 0. The van der Waals surface area contributed by atoms with E-state index in [0.717, 1.165) is 11.1 Å². The van der Waals surface area contributed by atoms with Crippen molar-refractivity contribution in [3.8, 4) is 11.5 Å². The Balaban J connectivity index is 1.62. The molecule has 3 N–H and O–H groups in total. The minimum atomic E-state index is -4.04. The maximum absolute atomic E-state index is 14.4. The Morgan fingerprint density at radius 1 is 0.722 bits per heavy atom. The number of alkyl carbamates (subject to hydrolysis) is 1. The number of nitrogens with two attached hydrogens (primary N) is 1. The minimum absolute atomic E-state index is 0.0602. The SMILES string of the molecule is Nc1ccc(CC(NC(=O)OCc2ccccc2)P(=O)(Oc2ccccc2)Oc2ccccc2)cc1. The van der Waals surface area contributed by atoms with E-state index < -0.39 is 19.5 Å². The molecule has 0 fully saturated rings. The summed E-state index contributed by atoms with van der Waals surface area (Å²) in [5.74, 6) is -0.373. The molecule has 0 saturated heterocycles. The fraction of sp³-hybridized carbons (Fsp3) is 0.107. The first-order chi connectivity index (χ1) is 17.5. The van der Waals surface area contributed by atoms with E-state index >= 15 is 0 Å². The maximum Gasteiger partial charge on any atom is 0.453 e. The Morgan fingerprint density at radius 3 is 1.75 bits per heavy atom. The van der Waals surface area contributed by atoms with Crippen molar-refractivity contribution in [3.05, 3.63) is 126 Å². The van der Waals surface area contributed by atoms with E-state index in [1.165, 1.54) is 0 Å². The number of anilines is 1. The van der Waals surface area contributed by atoms with E-state index in [4.69, 9.17) is 19.5 Å². The largest absolute Gasteiger partial charge is 0.453 e.